The van der Waals surface area contributed by atoms with Crippen LogP contribution in [0.4, 0.5) is 0 Å². The lowest BCUT2D eigenvalue weighted by atomic mass is 9.85. The summed E-state index contributed by atoms with van der Waals surface area (Å²) in [7, 11) is 0. The SMILES string of the molecule is Cc1nc2ccccc2n1CC(=O)NCCC1CCC(C)(C)CO1. The number of aryl methyl sites for hydroxylation is 1. The van der Waals surface area contributed by atoms with Crippen LogP contribution < -0.4 is 5.32 Å². The van der Waals surface area contributed by atoms with Gasteiger partial charge in [0.2, 0.25) is 5.91 Å². The van der Waals surface area contributed by atoms with Gasteiger partial charge in [0, 0.05) is 6.54 Å². The molecule has 130 valence electrons. The molecule has 0 aliphatic carbocycles. The van der Waals surface area contributed by atoms with Gasteiger partial charge in [-0.15, -0.1) is 0 Å². The molecule has 0 radical (unpaired) electrons. The summed E-state index contributed by atoms with van der Waals surface area (Å²) < 4.78 is 7.85. The predicted octanol–water partition coefficient (Wildman–Crippen LogP) is 3.06. The van der Waals surface area contributed by atoms with Gasteiger partial charge in [0.25, 0.3) is 0 Å². The molecule has 2 heterocycles. The first-order valence-electron chi connectivity index (χ1n) is 8.75. The highest BCUT2D eigenvalue weighted by Crippen LogP contribution is 2.30. The van der Waals surface area contributed by atoms with E-state index in [0.29, 0.717) is 18.5 Å². The van der Waals surface area contributed by atoms with Gasteiger partial charge in [0.1, 0.15) is 12.4 Å². The fraction of sp³-hybridized carbons (Fsp3) is 0.579. The predicted molar refractivity (Wildman–Crippen MR) is 94.9 cm³/mol. The molecule has 1 unspecified atom stereocenters. The second-order valence-electron chi connectivity index (χ2n) is 7.51. The number of para-hydroxylation sites is 2. The third-order valence-electron chi connectivity index (χ3n) is 4.79. The molecule has 1 N–H and O–H groups in total. The Hall–Kier alpha value is -1.88. The van der Waals surface area contributed by atoms with Crippen molar-refractivity contribution in [2.45, 2.75) is 52.7 Å². The molecule has 1 aliphatic heterocycles. The third kappa shape index (κ3) is 3.96. The van der Waals surface area contributed by atoms with Crippen molar-refractivity contribution in [2.75, 3.05) is 13.2 Å². The van der Waals surface area contributed by atoms with Crippen molar-refractivity contribution in [3.8, 4) is 0 Å². The van der Waals surface area contributed by atoms with E-state index in [-0.39, 0.29) is 12.0 Å². The van der Waals surface area contributed by atoms with Crippen LogP contribution in [0.2, 0.25) is 0 Å². The van der Waals surface area contributed by atoms with Crippen molar-refractivity contribution >= 4 is 16.9 Å². The van der Waals surface area contributed by atoms with Gasteiger partial charge in [-0.3, -0.25) is 4.79 Å². The van der Waals surface area contributed by atoms with Crippen molar-refractivity contribution in [3.63, 3.8) is 0 Å². The molecule has 5 heteroatoms. The molecule has 0 saturated carbocycles. The first-order valence-corrected chi connectivity index (χ1v) is 8.75. The Morgan fingerprint density at radius 3 is 2.96 bits per heavy atom. The standard InChI is InChI=1S/C19H27N3O2/c1-14-21-16-6-4-5-7-17(16)22(14)12-18(23)20-11-9-15-8-10-19(2,3)13-24-15/h4-7,15H,8-13H2,1-3H3,(H,20,23). The number of benzene rings is 1. The van der Waals surface area contributed by atoms with E-state index < -0.39 is 0 Å². The summed E-state index contributed by atoms with van der Waals surface area (Å²) in [6.45, 7) is 8.20. The van der Waals surface area contributed by atoms with Gasteiger partial charge in [-0.25, -0.2) is 4.98 Å². The number of aromatic nitrogens is 2. The van der Waals surface area contributed by atoms with Gasteiger partial charge in [0.15, 0.2) is 0 Å². The van der Waals surface area contributed by atoms with E-state index in [2.05, 4.69) is 24.1 Å². The van der Waals surface area contributed by atoms with Gasteiger partial charge in [0.05, 0.1) is 23.7 Å². The zero-order valence-corrected chi connectivity index (χ0v) is 14.8. The van der Waals surface area contributed by atoms with Gasteiger partial charge >= 0.3 is 0 Å². The maximum atomic E-state index is 12.3. The van der Waals surface area contributed by atoms with Crippen LogP contribution >= 0.6 is 0 Å². The van der Waals surface area contributed by atoms with Crippen molar-refractivity contribution in [1.82, 2.24) is 14.9 Å². The smallest absolute Gasteiger partial charge is 0.240 e. The summed E-state index contributed by atoms with van der Waals surface area (Å²) in [6, 6.07) is 7.91. The van der Waals surface area contributed by atoms with Crippen molar-refractivity contribution in [1.29, 1.82) is 0 Å². The van der Waals surface area contributed by atoms with Gasteiger partial charge in [-0.1, -0.05) is 26.0 Å². The number of hydrogen-bond acceptors (Lipinski definition) is 3. The molecule has 1 saturated heterocycles. The number of amides is 1. The number of hydrogen-bond donors (Lipinski definition) is 1. The highest BCUT2D eigenvalue weighted by Gasteiger charge is 2.27. The highest BCUT2D eigenvalue weighted by molar-refractivity contribution is 5.81. The van der Waals surface area contributed by atoms with Crippen LogP contribution in [0.25, 0.3) is 11.0 Å². The van der Waals surface area contributed by atoms with E-state index in [9.17, 15) is 4.79 Å². The Morgan fingerprint density at radius 2 is 2.21 bits per heavy atom. The average Bonchev–Trinajstić information content (AvgIpc) is 2.85. The molecule has 0 spiro atoms. The molecule has 0 bridgehead atoms. The lowest BCUT2D eigenvalue weighted by molar-refractivity contribution is -0.121. The third-order valence-corrected chi connectivity index (χ3v) is 4.79. The highest BCUT2D eigenvalue weighted by atomic mass is 16.5. The summed E-state index contributed by atoms with van der Waals surface area (Å²) in [4.78, 5) is 16.7. The second kappa shape index (κ2) is 6.93. The summed E-state index contributed by atoms with van der Waals surface area (Å²) in [5.74, 6) is 0.890. The minimum Gasteiger partial charge on any atom is -0.378 e. The largest absolute Gasteiger partial charge is 0.378 e. The van der Waals surface area contributed by atoms with Crippen LogP contribution in [0.15, 0.2) is 24.3 Å². The van der Waals surface area contributed by atoms with Crippen molar-refractivity contribution in [2.24, 2.45) is 5.41 Å². The van der Waals surface area contributed by atoms with Crippen LogP contribution in [0, 0.1) is 12.3 Å². The Morgan fingerprint density at radius 1 is 1.42 bits per heavy atom. The first kappa shape index (κ1) is 17.0. The molecule has 3 rings (SSSR count). The fourth-order valence-electron chi connectivity index (χ4n) is 3.25. The van der Waals surface area contributed by atoms with E-state index in [1.54, 1.807) is 0 Å². The molecule has 2 aromatic rings. The molecule has 24 heavy (non-hydrogen) atoms. The molecule has 1 atom stereocenters. The maximum absolute atomic E-state index is 12.3. The van der Waals surface area contributed by atoms with Crippen LogP contribution in [0.3, 0.4) is 0 Å². The molecule has 5 nitrogen and oxygen atoms in total. The maximum Gasteiger partial charge on any atom is 0.240 e. The topological polar surface area (TPSA) is 56.2 Å². The van der Waals surface area contributed by atoms with Crippen LogP contribution in [-0.2, 0) is 16.1 Å². The Kier molecular flexibility index (Phi) is 4.90. The number of carbonyl (C=O) groups excluding carboxylic acids is 1. The Bertz CT molecular complexity index is 710. The van der Waals surface area contributed by atoms with Crippen LogP contribution in [0.5, 0.6) is 0 Å². The number of nitrogens with zero attached hydrogens (tertiary/aromatic N) is 2. The fourth-order valence-corrected chi connectivity index (χ4v) is 3.25. The first-order chi connectivity index (χ1) is 11.4. The van der Waals surface area contributed by atoms with E-state index >= 15 is 0 Å². The second-order valence-corrected chi connectivity index (χ2v) is 7.51. The Balaban J connectivity index is 1.48. The summed E-state index contributed by atoms with van der Waals surface area (Å²) in [5.41, 5.74) is 2.23. The average molecular weight is 329 g/mol. The lowest BCUT2D eigenvalue weighted by Crippen LogP contribution is -2.35. The molecular weight excluding hydrogens is 302 g/mol. The number of fused-ring (bicyclic) bond motifs is 1. The summed E-state index contributed by atoms with van der Waals surface area (Å²) in [5, 5.41) is 3.01. The molecule has 1 fully saturated rings. The molecule has 1 amide bonds. The number of carbonyl (C=O) groups is 1. The number of imidazole rings is 1. The molecule has 1 aliphatic rings. The quantitative estimate of drug-likeness (QED) is 0.917. The van der Waals surface area contributed by atoms with E-state index in [0.717, 1.165) is 36.3 Å². The molecule has 1 aromatic carbocycles. The number of rotatable bonds is 5. The number of nitrogens with one attached hydrogen (secondary N) is 1. The minimum absolute atomic E-state index is 0.0254. The summed E-state index contributed by atoms with van der Waals surface area (Å²) in [6.07, 6.45) is 3.42. The normalized spacial score (nSPS) is 20.2. The van der Waals surface area contributed by atoms with Crippen molar-refractivity contribution in [3.05, 3.63) is 30.1 Å². The zero-order valence-electron chi connectivity index (χ0n) is 14.8. The van der Waals surface area contributed by atoms with Gasteiger partial charge in [-0.2, -0.15) is 0 Å². The monoisotopic (exact) mass is 329 g/mol. The van der Waals surface area contributed by atoms with E-state index in [1.165, 1.54) is 6.42 Å². The van der Waals surface area contributed by atoms with Crippen LogP contribution in [0.1, 0.15) is 38.9 Å². The molecule has 1 aromatic heterocycles. The summed E-state index contributed by atoms with van der Waals surface area (Å²) >= 11 is 0. The Labute approximate surface area is 143 Å². The van der Waals surface area contributed by atoms with Gasteiger partial charge < -0.3 is 14.6 Å². The van der Waals surface area contributed by atoms with Crippen LogP contribution in [-0.4, -0.2) is 34.7 Å². The van der Waals surface area contributed by atoms with E-state index in [4.69, 9.17) is 4.74 Å². The van der Waals surface area contributed by atoms with E-state index in [1.807, 2.05) is 35.8 Å². The molecular formula is C19H27N3O2. The van der Waals surface area contributed by atoms with Gasteiger partial charge in [-0.05, 0) is 43.7 Å². The number of ether oxygens (including phenoxy) is 1. The van der Waals surface area contributed by atoms with Crippen molar-refractivity contribution < 1.29 is 9.53 Å². The zero-order chi connectivity index (χ0) is 17.2. The minimum atomic E-state index is 0.0254. The lowest BCUT2D eigenvalue weighted by Gasteiger charge is -2.34.